The highest BCUT2D eigenvalue weighted by Gasteiger charge is 2.45. The molecule has 0 unspecified atom stereocenters. The van der Waals surface area contributed by atoms with Gasteiger partial charge in [0.05, 0.1) is 5.41 Å². The smallest absolute Gasteiger partial charge is 0.310 e. The zero-order chi connectivity index (χ0) is 18.3. The number of amides is 1. The number of benzene rings is 1. The molecule has 0 spiro atoms. The van der Waals surface area contributed by atoms with E-state index >= 15 is 0 Å². The first-order chi connectivity index (χ1) is 12.5. The topological polar surface area (TPSA) is 110 Å². The lowest BCUT2D eigenvalue weighted by atomic mass is 9.66. The molecule has 0 radical (unpaired) electrons. The number of carbonyl (C=O) groups excluding carboxylic acids is 1. The lowest BCUT2D eigenvalue weighted by Gasteiger charge is -2.36. The number of carbonyl (C=O) groups is 2. The van der Waals surface area contributed by atoms with Gasteiger partial charge in [-0.1, -0.05) is 6.42 Å². The number of anilines is 1. The average Bonchev–Trinajstić information content (AvgIpc) is 3.30. The summed E-state index contributed by atoms with van der Waals surface area (Å²) in [5, 5.41) is 23.4. The van der Waals surface area contributed by atoms with E-state index in [0.29, 0.717) is 24.4 Å². The zero-order valence-corrected chi connectivity index (χ0v) is 14.0. The molecule has 26 heavy (non-hydrogen) atoms. The molecule has 1 heterocycles. The zero-order valence-electron chi connectivity index (χ0n) is 14.0. The number of nitrogens with zero attached hydrogens (tertiary/aromatic N) is 4. The van der Waals surface area contributed by atoms with Crippen LogP contribution in [-0.2, 0) is 9.59 Å². The fourth-order valence-electron chi connectivity index (χ4n) is 3.30. The third kappa shape index (κ3) is 2.93. The first-order valence-corrected chi connectivity index (χ1v) is 8.60. The first kappa shape index (κ1) is 16.6. The fourth-order valence-corrected chi connectivity index (χ4v) is 3.30. The number of hydrogen-bond donors (Lipinski definition) is 2. The van der Waals surface area contributed by atoms with E-state index in [-0.39, 0.29) is 18.0 Å². The van der Waals surface area contributed by atoms with Gasteiger partial charge in [0.2, 0.25) is 5.91 Å². The Morgan fingerprint density at radius 3 is 2.73 bits per heavy atom. The largest absolute Gasteiger partial charge is 0.481 e. The van der Waals surface area contributed by atoms with Gasteiger partial charge in [-0.25, -0.2) is 4.39 Å². The molecule has 2 aliphatic rings. The molecule has 0 aliphatic heterocycles. The van der Waals surface area contributed by atoms with Crippen LogP contribution in [0.1, 0.15) is 50.3 Å². The van der Waals surface area contributed by atoms with Crippen LogP contribution in [0.15, 0.2) is 18.2 Å². The van der Waals surface area contributed by atoms with Gasteiger partial charge in [-0.15, -0.1) is 5.10 Å². The number of halogens is 1. The normalized spacial score (nSPS) is 18.2. The lowest BCUT2D eigenvalue weighted by molar-refractivity contribution is -0.157. The van der Waals surface area contributed by atoms with Gasteiger partial charge in [0.1, 0.15) is 11.5 Å². The molecule has 1 amide bonds. The molecule has 0 bridgehead atoms. The van der Waals surface area contributed by atoms with Gasteiger partial charge in [-0.2, -0.15) is 4.68 Å². The summed E-state index contributed by atoms with van der Waals surface area (Å²) < 4.78 is 15.6. The molecule has 1 aromatic heterocycles. The average molecular weight is 359 g/mol. The fraction of sp³-hybridized carbons (Fsp3) is 0.471. The molecule has 2 aliphatic carbocycles. The molecule has 4 rings (SSSR count). The van der Waals surface area contributed by atoms with Crippen LogP contribution in [-0.4, -0.2) is 37.2 Å². The van der Waals surface area contributed by atoms with Gasteiger partial charge in [-0.05, 0) is 54.3 Å². The molecule has 1 aromatic carbocycles. The van der Waals surface area contributed by atoms with Gasteiger partial charge >= 0.3 is 5.97 Å². The van der Waals surface area contributed by atoms with Crippen LogP contribution in [0.4, 0.5) is 10.1 Å². The quantitative estimate of drug-likeness (QED) is 0.819. The van der Waals surface area contributed by atoms with Crippen LogP contribution in [0.5, 0.6) is 0 Å². The molecule has 136 valence electrons. The Labute approximate surface area is 148 Å². The summed E-state index contributed by atoms with van der Waals surface area (Å²) in [5.41, 5.74) is -0.433. The second kappa shape index (κ2) is 6.15. The van der Waals surface area contributed by atoms with E-state index < -0.39 is 23.1 Å². The predicted octanol–water partition coefficient (Wildman–Crippen LogP) is 2.26. The summed E-state index contributed by atoms with van der Waals surface area (Å²) >= 11 is 0. The number of tetrazole rings is 1. The van der Waals surface area contributed by atoms with Crippen LogP contribution in [0.3, 0.4) is 0 Å². The van der Waals surface area contributed by atoms with Crippen molar-refractivity contribution >= 4 is 17.6 Å². The second-order valence-corrected chi connectivity index (χ2v) is 7.05. The summed E-state index contributed by atoms with van der Waals surface area (Å²) in [6, 6.07) is 4.13. The molecule has 8 nitrogen and oxygen atoms in total. The summed E-state index contributed by atoms with van der Waals surface area (Å²) in [6.07, 6.45) is 3.65. The maximum atomic E-state index is 14.3. The van der Waals surface area contributed by atoms with Crippen molar-refractivity contribution in [1.29, 1.82) is 0 Å². The van der Waals surface area contributed by atoms with Gasteiger partial charge in [-0.3, -0.25) is 9.59 Å². The highest BCUT2D eigenvalue weighted by Crippen LogP contribution is 2.44. The van der Waals surface area contributed by atoms with Crippen molar-refractivity contribution in [3.05, 3.63) is 29.8 Å². The lowest BCUT2D eigenvalue weighted by Crippen LogP contribution is -2.41. The number of aliphatic carboxylic acids is 1. The van der Waals surface area contributed by atoms with Crippen molar-refractivity contribution in [3.63, 3.8) is 0 Å². The van der Waals surface area contributed by atoms with Gasteiger partial charge in [0.25, 0.3) is 0 Å². The minimum absolute atomic E-state index is 0.0900. The van der Waals surface area contributed by atoms with Gasteiger partial charge in [0, 0.05) is 18.0 Å². The highest BCUT2D eigenvalue weighted by atomic mass is 19.1. The monoisotopic (exact) mass is 359 g/mol. The van der Waals surface area contributed by atoms with Gasteiger partial charge in [0.15, 0.2) is 5.82 Å². The van der Waals surface area contributed by atoms with Crippen molar-refractivity contribution in [2.45, 2.75) is 44.4 Å². The van der Waals surface area contributed by atoms with E-state index in [1.54, 1.807) is 0 Å². The van der Waals surface area contributed by atoms with Crippen LogP contribution < -0.4 is 5.32 Å². The van der Waals surface area contributed by atoms with Crippen LogP contribution in [0, 0.1) is 11.2 Å². The third-order valence-electron chi connectivity index (χ3n) is 5.16. The van der Waals surface area contributed by atoms with Crippen molar-refractivity contribution in [2.24, 2.45) is 5.41 Å². The maximum absolute atomic E-state index is 14.3. The van der Waals surface area contributed by atoms with Crippen LogP contribution in [0.2, 0.25) is 0 Å². The summed E-state index contributed by atoms with van der Waals surface area (Å²) in [6.45, 7) is 0. The summed E-state index contributed by atoms with van der Waals surface area (Å²) in [7, 11) is 0. The summed E-state index contributed by atoms with van der Waals surface area (Å²) in [5.74, 6) is -1.01. The molecular formula is C17H18FN5O3. The Morgan fingerprint density at radius 2 is 2.12 bits per heavy atom. The van der Waals surface area contributed by atoms with Crippen molar-refractivity contribution in [1.82, 2.24) is 20.2 Å². The second-order valence-electron chi connectivity index (χ2n) is 7.05. The minimum Gasteiger partial charge on any atom is -0.481 e. The minimum atomic E-state index is -0.970. The Balaban J connectivity index is 1.53. The Hall–Kier alpha value is -2.84. The molecule has 0 saturated heterocycles. The number of hydrogen-bond acceptors (Lipinski definition) is 5. The number of carboxylic acids is 1. The van der Waals surface area contributed by atoms with Crippen molar-refractivity contribution in [3.8, 4) is 5.69 Å². The molecule has 2 N–H and O–H groups in total. The number of rotatable bonds is 6. The van der Waals surface area contributed by atoms with E-state index in [0.717, 1.165) is 19.3 Å². The van der Waals surface area contributed by atoms with Crippen molar-refractivity contribution in [2.75, 3.05) is 5.32 Å². The Morgan fingerprint density at radius 1 is 1.35 bits per heavy atom. The van der Waals surface area contributed by atoms with E-state index in [1.807, 2.05) is 0 Å². The number of carboxylic acid groups (broad SMARTS) is 1. The van der Waals surface area contributed by atoms with E-state index in [4.69, 9.17) is 0 Å². The molecule has 9 heteroatoms. The standard InChI is InChI=1S/C17H18FN5O3/c18-12-5-4-11(19-14(24)9-17(16(25)26)6-1-7-17)8-13(12)23-15(10-2-3-10)20-21-22-23/h4-5,8,10H,1-3,6-7,9H2,(H,19,24)(H,25,26). The van der Waals surface area contributed by atoms with Crippen LogP contribution >= 0.6 is 0 Å². The molecule has 2 fully saturated rings. The Bertz CT molecular complexity index is 873. The maximum Gasteiger partial charge on any atom is 0.310 e. The van der Waals surface area contributed by atoms with Gasteiger partial charge < -0.3 is 10.4 Å². The third-order valence-corrected chi connectivity index (χ3v) is 5.16. The molecule has 0 atom stereocenters. The number of aromatic nitrogens is 4. The molecule has 2 saturated carbocycles. The predicted molar refractivity (Wildman–Crippen MR) is 88.3 cm³/mol. The Kier molecular flexibility index (Phi) is 3.93. The van der Waals surface area contributed by atoms with E-state index in [9.17, 15) is 19.1 Å². The first-order valence-electron chi connectivity index (χ1n) is 8.60. The SMILES string of the molecule is O=C(CC1(C(=O)O)CCC1)Nc1ccc(F)c(-n2nnnc2C2CC2)c1. The number of nitrogens with one attached hydrogen (secondary N) is 1. The summed E-state index contributed by atoms with van der Waals surface area (Å²) in [4.78, 5) is 23.7. The van der Waals surface area contributed by atoms with E-state index in [2.05, 4.69) is 20.8 Å². The van der Waals surface area contributed by atoms with E-state index in [1.165, 1.54) is 22.9 Å². The van der Waals surface area contributed by atoms with Crippen molar-refractivity contribution < 1.29 is 19.1 Å². The molecular weight excluding hydrogens is 341 g/mol. The molecule has 2 aromatic rings. The highest BCUT2D eigenvalue weighted by molar-refractivity contribution is 5.94. The van der Waals surface area contributed by atoms with Crippen LogP contribution in [0.25, 0.3) is 5.69 Å².